The van der Waals surface area contributed by atoms with E-state index in [0.717, 1.165) is 26.5 Å². The number of para-hydroxylation sites is 1. The summed E-state index contributed by atoms with van der Waals surface area (Å²) in [6.07, 6.45) is 3.04. The Morgan fingerprint density at radius 3 is 2.52 bits per heavy atom. The van der Waals surface area contributed by atoms with Crippen LogP contribution in [0.5, 0.6) is 0 Å². The zero-order valence-electron chi connectivity index (χ0n) is 16.3. The van der Waals surface area contributed by atoms with Gasteiger partial charge < -0.3 is 5.32 Å². The van der Waals surface area contributed by atoms with Gasteiger partial charge in [-0.25, -0.2) is 4.98 Å². The van der Waals surface area contributed by atoms with E-state index in [-0.39, 0.29) is 5.91 Å². The lowest BCUT2D eigenvalue weighted by Crippen LogP contribution is -2.44. The molecule has 0 aliphatic carbocycles. The molecule has 2 heterocycles. The summed E-state index contributed by atoms with van der Waals surface area (Å²) in [5.74, 6) is 0.0129. The van der Waals surface area contributed by atoms with Gasteiger partial charge in [-0.1, -0.05) is 48.5 Å². The Hall–Kier alpha value is -3.05. The maximum atomic E-state index is 13.3. The Balaban J connectivity index is 1.55. The molecule has 1 atom stereocenters. The first-order chi connectivity index (χ1) is 14.1. The minimum absolute atomic E-state index is 0.0129. The van der Waals surface area contributed by atoms with E-state index in [9.17, 15) is 4.79 Å². The Morgan fingerprint density at radius 1 is 1.00 bits per heavy atom. The molecule has 4 aromatic rings. The molecule has 1 N–H and O–H groups in total. The first-order valence-electron chi connectivity index (χ1n) is 9.73. The predicted molar refractivity (Wildman–Crippen MR) is 118 cm³/mol. The zero-order chi connectivity index (χ0) is 20.1. The van der Waals surface area contributed by atoms with Gasteiger partial charge in [-0.05, 0) is 36.8 Å². The molecular weight excluding hydrogens is 378 g/mol. The molecule has 0 bridgehead atoms. The number of carbonyl (C=O) groups is 1. The number of hydrogen-bond acceptors (Lipinski definition) is 4. The zero-order valence-corrected chi connectivity index (χ0v) is 17.2. The van der Waals surface area contributed by atoms with Crippen LogP contribution in [0, 0.1) is 0 Å². The molecule has 2 aromatic heterocycles. The number of amides is 1. The van der Waals surface area contributed by atoms with Gasteiger partial charge in [0.1, 0.15) is 0 Å². The minimum Gasteiger partial charge on any atom is -0.355 e. The van der Waals surface area contributed by atoms with Crippen molar-refractivity contribution in [3.05, 3.63) is 95.3 Å². The highest BCUT2D eigenvalue weighted by Gasteiger charge is 2.36. The van der Waals surface area contributed by atoms with Gasteiger partial charge >= 0.3 is 0 Å². The van der Waals surface area contributed by atoms with E-state index in [1.54, 1.807) is 17.5 Å². The highest BCUT2D eigenvalue weighted by Crippen LogP contribution is 2.32. The number of rotatable bonds is 7. The Labute approximate surface area is 174 Å². The summed E-state index contributed by atoms with van der Waals surface area (Å²) >= 11 is 1.66. The maximum Gasteiger partial charge on any atom is 0.230 e. The van der Waals surface area contributed by atoms with Crippen LogP contribution in [-0.2, 0) is 23.1 Å². The average molecular weight is 402 g/mol. The van der Waals surface area contributed by atoms with E-state index in [0.29, 0.717) is 19.4 Å². The standard InChI is InChI=1S/C24H23N3OS/c1-24(18-9-3-2-4-10-18,17-22-27-20-12-5-6-13-21(20)29-22)23(28)26-16-14-19-11-7-8-15-25-19/h2-13,15H,14,16-17H2,1H3,(H,26,28). The number of hydrogen-bond donors (Lipinski definition) is 1. The number of thiazole rings is 1. The van der Waals surface area contributed by atoms with Crippen LogP contribution in [0.2, 0.25) is 0 Å². The van der Waals surface area contributed by atoms with Gasteiger partial charge in [0.2, 0.25) is 5.91 Å². The lowest BCUT2D eigenvalue weighted by molar-refractivity contribution is -0.126. The third-order valence-electron chi connectivity index (χ3n) is 5.15. The lowest BCUT2D eigenvalue weighted by Gasteiger charge is -2.28. The first kappa shape index (κ1) is 19.3. The van der Waals surface area contributed by atoms with Crippen LogP contribution in [0.25, 0.3) is 10.2 Å². The predicted octanol–water partition coefficient (Wildman–Crippen LogP) is 4.55. The summed E-state index contributed by atoms with van der Waals surface area (Å²) in [4.78, 5) is 22.4. The Morgan fingerprint density at radius 2 is 1.76 bits per heavy atom. The number of carbonyl (C=O) groups excluding carboxylic acids is 1. The highest BCUT2D eigenvalue weighted by atomic mass is 32.1. The van der Waals surface area contributed by atoms with Crippen molar-refractivity contribution >= 4 is 27.5 Å². The molecule has 4 rings (SSSR count). The molecule has 2 aromatic carbocycles. The fourth-order valence-electron chi connectivity index (χ4n) is 3.46. The maximum absolute atomic E-state index is 13.3. The molecule has 0 aliphatic heterocycles. The number of nitrogens with zero attached hydrogens (tertiary/aromatic N) is 2. The van der Waals surface area contributed by atoms with Crippen molar-refractivity contribution in [2.24, 2.45) is 0 Å². The molecule has 0 saturated heterocycles. The Kier molecular flexibility index (Phi) is 5.67. The molecule has 0 spiro atoms. The molecule has 4 nitrogen and oxygen atoms in total. The van der Waals surface area contributed by atoms with E-state index in [4.69, 9.17) is 4.98 Å². The van der Waals surface area contributed by atoms with Gasteiger partial charge in [0.15, 0.2) is 0 Å². The van der Waals surface area contributed by atoms with Crippen molar-refractivity contribution in [1.82, 2.24) is 15.3 Å². The van der Waals surface area contributed by atoms with Gasteiger partial charge in [0.05, 0.1) is 20.6 Å². The number of benzene rings is 2. The quantitative estimate of drug-likeness (QED) is 0.494. The van der Waals surface area contributed by atoms with Crippen molar-refractivity contribution in [3.63, 3.8) is 0 Å². The van der Waals surface area contributed by atoms with E-state index in [1.165, 1.54) is 0 Å². The molecule has 5 heteroatoms. The van der Waals surface area contributed by atoms with Crippen molar-refractivity contribution in [1.29, 1.82) is 0 Å². The average Bonchev–Trinajstić information content (AvgIpc) is 3.17. The lowest BCUT2D eigenvalue weighted by atomic mass is 9.78. The SMILES string of the molecule is CC(Cc1nc2ccccc2s1)(C(=O)NCCc1ccccn1)c1ccccc1. The van der Waals surface area contributed by atoms with Gasteiger partial charge in [-0.2, -0.15) is 0 Å². The number of nitrogens with one attached hydrogen (secondary N) is 1. The van der Waals surface area contributed by atoms with Gasteiger partial charge in [0.25, 0.3) is 0 Å². The van der Waals surface area contributed by atoms with E-state index in [2.05, 4.69) is 16.4 Å². The van der Waals surface area contributed by atoms with Crippen LogP contribution in [0.1, 0.15) is 23.2 Å². The fourth-order valence-corrected chi connectivity index (χ4v) is 4.59. The molecule has 0 fully saturated rings. The number of pyridine rings is 1. The summed E-state index contributed by atoms with van der Waals surface area (Å²) in [7, 11) is 0. The molecule has 0 aliphatic rings. The van der Waals surface area contributed by atoms with E-state index >= 15 is 0 Å². The normalized spacial score (nSPS) is 13.1. The van der Waals surface area contributed by atoms with Gasteiger partial charge in [0, 0.05) is 31.3 Å². The summed E-state index contributed by atoms with van der Waals surface area (Å²) in [6.45, 7) is 2.56. The molecule has 29 heavy (non-hydrogen) atoms. The first-order valence-corrected chi connectivity index (χ1v) is 10.5. The van der Waals surface area contributed by atoms with Gasteiger partial charge in [-0.15, -0.1) is 11.3 Å². The van der Waals surface area contributed by atoms with E-state index in [1.807, 2.05) is 73.7 Å². The largest absolute Gasteiger partial charge is 0.355 e. The third-order valence-corrected chi connectivity index (χ3v) is 6.18. The van der Waals surface area contributed by atoms with Crippen LogP contribution in [-0.4, -0.2) is 22.4 Å². The summed E-state index contributed by atoms with van der Waals surface area (Å²) < 4.78 is 1.15. The molecule has 0 saturated carbocycles. The van der Waals surface area contributed by atoms with Crippen LogP contribution in [0.4, 0.5) is 0 Å². The number of aromatic nitrogens is 2. The second-order valence-corrected chi connectivity index (χ2v) is 8.39. The second-order valence-electron chi connectivity index (χ2n) is 7.28. The van der Waals surface area contributed by atoms with E-state index < -0.39 is 5.41 Å². The monoisotopic (exact) mass is 401 g/mol. The van der Waals surface area contributed by atoms with Crippen LogP contribution in [0.15, 0.2) is 79.0 Å². The fraction of sp³-hybridized carbons (Fsp3) is 0.208. The topological polar surface area (TPSA) is 54.9 Å². The molecule has 0 radical (unpaired) electrons. The second kappa shape index (κ2) is 8.53. The van der Waals surface area contributed by atoms with Crippen LogP contribution < -0.4 is 5.32 Å². The Bertz CT molecular complexity index is 1060. The molecule has 1 unspecified atom stereocenters. The number of fused-ring (bicyclic) bond motifs is 1. The third kappa shape index (κ3) is 4.35. The van der Waals surface area contributed by atoms with Crippen LogP contribution >= 0.6 is 11.3 Å². The van der Waals surface area contributed by atoms with Gasteiger partial charge in [-0.3, -0.25) is 9.78 Å². The smallest absolute Gasteiger partial charge is 0.230 e. The summed E-state index contributed by atoms with van der Waals surface area (Å²) in [5.41, 5.74) is 2.26. The summed E-state index contributed by atoms with van der Waals surface area (Å²) in [5, 5.41) is 4.09. The summed E-state index contributed by atoms with van der Waals surface area (Å²) in [6, 6.07) is 23.9. The molecule has 146 valence electrons. The van der Waals surface area contributed by atoms with Crippen molar-refractivity contribution in [2.75, 3.05) is 6.54 Å². The highest BCUT2D eigenvalue weighted by molar-refractivity contribution is 7.18. The van der Waals surface area contributed by atoms with Crippen LogP contribution in [0.3, 0.4) is 0 Å². The van der Waals surface area contributed by atoms with Crippen molar-refractivity contribution < 1.29 is 4.79 Å². The van der Waals surface area contributed by atoms with Crippen molar-refractivity contribution in [3.8, 4) is 0 Å². The van der Waals surface area contributed by atoms with Crippen molar-refractivity contribution in [2.45, 2.75) is 25.2 Å². The molecule has 1 amide bonds. The minimum atomic E-state index is -0.695. The molecular formula is C24H23N3OS.